The molecule has 1 nitrogen and oxygen atoms in total. The van der Waals surface area contributed by atoms with Crippen molar-refractivity contribution in [2.75, 3.05) is 12.0 Å². The van der Waals surface area contributed by atoms with Gasteiger partial charge in [0.25, 0.3) is 0 Å². The molecule has 0 heterocycles. The Morgan fingerprint density at radius 3 is 2.22 bits per heavy atom. The number of ketones is 1. The Labute approximate surface area is 67.9 Å². The zero-order valence-electron chi connectivity index (χ0n) is 5.64. The van der Waals surface area contributed by atoms with Crippen LogP contribution in [0.5, 0.6) is 0 Å². The van der Waals surface area contributed by atoms with E-state index in [0.29, 0.717) is 18.0 Å². The Morgan fingerprint density at radius 2 is 2.11 bits per heavy atom. The van der Waals surface area contributed by atoms with Gasteiger partial charge in [0, 0.05) is 6.42 Å². The highest BCUT2D eigenvalue weighted by Gasteiger charge is 1.91. The standard InChI is InChI=1S/C5H10OS.HPS/c1-3-5(6)4-7-2;1-2/h3-4H2,1-2H3;1H. The Hall–Kier alpha value is 0.540. The minimum absolute atomic E-state index is 0.340. The summed E-state index contributed by atoms with van der Waals surface area (Å²) in [7, 11) is 2.56. The first-order valence-electron chi connectivity index (χ1n) is 2.52. The molecule has 0 N–H and O–H groups in total. The smallest absolute Gasteiger partial charge is 0.142 e. The summed E-state index contributed by atoms with van der Waals surface area (Å²) in [5.74, 6) is 1.02. The van der Waals surface area contributed by atoms with Gasteiger partial charge >= 0.3 is 0 Å². The van der Waals surface area contributed by atoms with Crippen molar-refractivity contribution in [3.8, 4) is 0 Å². The predicted molar refractivity (Wildman–Crippen MR) is 49.4 cm³/mol. The Kier molecular flexibility index (Phi) is 15.4. The van der Waals surface area contributed by atoms with E-state index in [1.54, 1.807) is 11.8 Å². The molecule has 0 spiro atoms. The third kappa shape index (κ3) is 11.9. The molecule has 9 heavy (non-hydrogen) atoms. The van der Waals surface area contributed by atoms with Crippen molar-refractivity contribution in [2.24, 2.45) is 0 Å². The average molecular weight is 182 g/mol. The second kappa shape index (κ2) is 11.4. The third-order valence-corrected chi connectivity index (χ3v) is 1.31. The molecule has 0 aliphatic rings. The van der Waals surface area contributed by atoms with Gasteiger partial charge < -0.3 is 0 Å². The maximum Gasteiger partial charge on any atom is 0.142 e. The van der Waals surface area contributed by atoms with Gasteiger partial charge in [-0.05, 0) is 14.3 Å². The summed E-state index contributed by atoms with van der Waals surface area (Å²) in [6.07, 6.45) is 2.62. The maximum absolute atomic E-state index is 10.4. The largest absolute Gasteiger partial charge is 0.299 e. The van der Waals surface area contributed by atoms with Crippen molar-refractivity contribution in [3.63, 3.8) is 0 Å². The first-order chi connectivity index (χ1) is 4.31. The molecule has 0 fully saturated rings. The van der Waals surface area contributed by atoms with E-state index >= 15 is 0 Å². The molecule has 0 amide bonds. The maximum atomic E-state index is 10.4. The van der Waals surface area contributed by atoms with Crippen LogP contribution in [0.3, 0.4) is 0 Å². The quantitative estimate of drug-likeness (QED) is 0.621. The highest BCUT2D eigenvalue weighted by Crippen LogP contribution is 1.92. The summed E-state index contributed by atoms with van der Waals surface area (Å²) >= 11 is 5.47. The topological polar surface area (TPSA) is 17.1 Å². The van der Waals surface area contributed by atoms with Crippen molar-refractivity contribution >= 4 is 37.4 Å². The van der Waals surface area contributed by atoms with Crippen LogP contribution in [0.15, 0.2) is 0 Å². The van der Waals surface area contributed by atoms with E-state index in [2.05, 4.69) is 19.8 Å². The molecule has 0 atom stereocenters. The molecular formula is C5H11OPS2. The van der Waals surface area contributed by atoms with E-state index in [-0.39, 0.29) is 0 Å². The molecule has 0 aliphatic carbocycles. The molecule has 0 bridgehead atoms. The van der Waals surface area contributed by atoms with Crippen LogP contribution in [0.2, 0.25) is 0 Å². The highest BCUT2D eigenvalue weighted by atomic mass is 32.4. The van der Waals surface area contributed by atoms with E-state index < -0.39 is 0 Å². The van der Waals surface area contributed by atoms with Gasteiger partial charge in [-0.2, -0.15) is 11.8 Å². The lowest BCUT2D eigenvalue weighted by molar-refractivity contribution is -0.116. The predicted octanol–water partition coefficient (Wildman–Crippen LogP) is 1.92. The SMILES string of the molecule is CCC(=O)CSC.P=S. The van der Waals surface area contributed by atoms with E-state index in [4.69, 9.17) is 0 Å². The molecule has 4 heteroatoms. The molecule has 0 saturated heterocycles. The summed E-state index contributed by atoms with van der Waals surface area (Å²) in [5, 5.41) is 0. The molecule has 0 radical (unpaired) electrons. The van der Waals surface area contributed by atoms with E-state index in [1.807, 2.05) is 13.2 Å². The van der Waals surface area contributed by atoms with Gasteiger partial charge in [-0.25, -0.2) is 0 Å². The highest BCUT2D eigenvalue weighted by molar-refractivity contribution is 7.99. The zero-order valence-corrected chi connectivity index (χ0v) is 8.27. The van der Waals surface area contributed by atoms with Gasteiger partial charge in [0.05, 0.1) is 5.75 Å². The summed E-state index contributed by atoms with van der Waals surface area (Å²) in [6, 6.07) is 0. The number of hydrogen-bond acceptors (Lipinski definition) is 3. The van der Waals surface area contributed by atoms with Crippen LogP contribution in [0.1, 0.15) is 13.3 Å². The third-order valence-electron chi connectivity index (χ3n) is 0.700. The van der Waals surface area contributed by atoms with E-state index in [9.17, 15) is 4.79 Å². The van der Waals surface area contributed by atoms with Gasteiger partial charge in [-0.15, -0.1) is 0 Å². The minimum atomic E-state index is 0.340. The van der Waals surface area contributed by atoms with E-state index in [1.165, 1.54) is 0 Å². The molecule has 54 valence electrons. The first kappa shape index (κ1) is 12.2. The monoisotopic (exact) mass is 182 g/mol. The lowest BCUT2D eigenvalue weighted by Gasteiger charge is -1.87. The van der Waals surface area contributed by atoms with Gasteiger partial charge in [-0.1, -0.05) is 18.7 Å². The second-order valence-corrected chi connectivity index (χ2v) is 2.19. The van der Waals surface area contributed by atoms with Crippen molar-refractivity contribution in [1.82, 2.24) is 0 Å². The van der Waals surface area contributed by atoms with Crippen molar-refractivity contribution < 1.29 is 4.79 Å². The summed E-state index contributed by atoms with van der Waals surface area (Å²) in [6.45, 7) is 1.89. The minimum Gasteiger partial charge on any atom is -0.299 e. The molecule has 0 aliphatic heterocycles. The molecule has 0 rings (SSSR count). The number of carbonyl (C=O) groups is 1. The summed E-state index contributed by atoms with van der Waals surface area (Å²) < 4.78 is 0. The van der Waals surface area contributed by atoms with Crippen molar-refractivity contribution in [2.45, 2.75) is 13.3 Å². The lowest BCUT2D eigenvalue weighted by Crippen LogP contribution is -1.96. The Balaban J connectivity index is 0. The van der Waals surface area contributed by atoms with Crippen molar-refractivity contribution in [1.29, 1.82) is 0 Å². The van der Waals surface area contributed by atoms with Crippen LogP contribution < -0.4 is 0 Å². The lowest BCUT2D eigenvalue weighted by atomic mass is 10.4. The summed E-state index contributed by atoms with van der Waals surface area (Å²) in [4.78, 5) is 10.4. The molecule has 0 aromatic carbocycles. The number of Topliss-reactive ketones (excluding diaryl/α,β-unsaturated/α-hetero) is 1. The average Bonchev–Trinajstić information content (AvgIpc) is 1.93. The molecule has 0 saturated carbocycles. The van der Waals surface area contributed by atoms with Crippen molar-refractivity contribution in [3.05, 3.63) is 0 Å². The van der Waals surface area contributed by atoms with Gasteiger partial charge in [0.1, 0.15) is 5.78 Å². The summed E-state index contributed by atoms with van der Waals surface area (Å²) in [5.41, 5.74) is 0. The van der Waals surface area contributed by atoms with Crippen LogP contribution >= 0.6 is 19.8 Å². The normalized spacial score (nSPS) is 7.33. The number of hydrogen-bond donors (Lipinski definition) is 0. The van der Waals surface area contributed by atoms with Gasteiger partial charge in [-0.3, -0.25) is 4.79 Å². The van der Waals surface area contributed by atoms with Gasteiger partial charge in [0.15, 0.2) is 0 Å². The number of thioether (sulfide) groups is 1. The number of rotatable bonds is 3. The van der Waals surface area contributed by atoms with Crippen LogP contribution in [-0.4, -0.2) is 17.8 Å². The Morgan fingerprint density at radius 1 is 1.67 bits per heavy atom. The zero-order chi connectivity index (χ0) is 7.70. The second-order valence-electron chi connectivity index (χ2n) is 1.33. The molecule has 0 aromatic rings. The van der Waals surface area contributed by atoms with E-state index in [0.717, 1.165) is 0 Å². The fourth-order valence-corrected chi connectivity index (χ4v) is 0.789. The fourth-order valence-electron chi connectivity index (χ4n) is 0.263. The van der Waals surface area contributed by atoms with Crippen LogP contribution in [0.25, 0.3) is 0 Å². The Bertz CT molecular complexity index is 77.4. The van der Waals surface area contributed by atoms with Crippen LogP contribution in [0.4, 0.5) is 0 Å². The molecule has 0 aromatic heterocycles. The molecule has 0 unspecified atom stereocenters. The van der Waals surface area contributed by atoms with Crippen LogP contribution in [0, 0.1) is 0 Å². The van der Waals surface area contributed by atoms with Gasteiger partial charge in [0.2, 0.25) is 0 Å². The number of carbonyl (C=O) groups excluding carboxylic acids is 1. The van der Waals surface area contributed by atoms with Crippen LogP contribution in [-0.2, 0) is 16.6 Å². The fraction of sp³-hybridized carbons (Fsp3) is 0.800. The molecular weight excluding hydrogens is 171 g/mol. The first-order valence-corrected chi connectivity index (χ1v) is 5.55.